The lowest BCUT2D eigenvalue weighted by molar-refractivity contribution is 0.0949. The predicted molar refractivity (Wildman–Crippen MR) is 74.4 cm³/mol. The summed E-state index contributed by atoms with van der Waals surface area (Å²) in [5.74, 6) is 0.705. The first-order chi connectivity index (χ1) is 9.72. The molecule has 0 aliphatic carbocycles. The van der Waals surface area contributed by atoms with Crippen LogP contribution in [-0.2, 0) is 6.54 Å². The number of amides is 1. The molecule has 0 saturated carbocycles. The molecule has 20 heavy (non-hydrogen) atoms. The number of benzene rings is 1. The molecule has 1 amide bonds. The van der Waals surface area contributed by atoms with Crippen LogP contribution in [0, 0.1) is 0 Å². The van der Waals surface area contributed by atoms with Gasteiger partial charge in [0.1, 0.15) is 5.75 Å². The molecule has 0 aliphatic rings. The Bertz CT molecular complexity index is 584. The first-order valence-corrected chi connectivity index (χ1v) is 6.31. The summed E-state index contributed by atoms with van der Waals surface area (Å²) in [4.78, 5) is 11.5. The number of hydrogen-bond acceptors (Lipinski definition) is 5. The Hall–Kier alpha value is -2.47. The van der Waals surface area contributed by atoms with E-state index in [1.807, 2.05) is 25.1 Å². The number of nitrogens with zero attached hydrogens (tertiary/aromatic N) is 2. The third-order valence-electron chi connectivity index (χ3n) is 2.57. The first-order valence-electron chi connectivity index (χ1n) is 6.31. The average molecular weight is 272 g/mol. The van der Waals surface area contributed by atoms with Crippen molar-refractivity contribution in [3.63, 3.8) is 0 Å². The van der Waals surface area contributed by atoms with E-state index >= 15 is 0 Å². The highest BCUT2D eigenvalue weighted by molar-refractivity contribution is 5.91. The van der Waals surface area contributed by atoms with E-state index in [4.69, 9.17) is 10.5 Å². The van der Waals surface area contributed by atoms with Crippen molar-refractivity contribution >= 4 is 5.91 Å². The first kappa shape index (κ1) is 14.0. The summed E-state index contributed by atoms with van der Waals surface area (Å²) in [5, 5.41) is 10.3. The quantitative estimate of drug-likeness (QED) is 0.860. The summed E-state index contributed by atoms with van der Waals surface area (Å²) in [6.45, 7) is 2.83. The molecule has 104 valence electrons. The van der Waals surface area contributed by atoms with E-state index in [1.54, 1.807) is 18.2 Å². The molecule has 1 heterocycles. The van der Waals surface area contributed by atoms with Crippen molar-refractivity contribution in [3.8, 4) is 11.6 Å². The van der Waals surface area contributed by atoms with E-state index in [0.717, 1.165) is 5.56 Å². The SMILES string of the molecule is CCNC(=O)c1ccc(Oc2cccc(CN)c2)nn1. The van der Waals surface area contributed by atoms with Crippen molar-refractivity contribution in [1.82, 2.24) is 15.5 Å². The van der Waals surface area contributed by atoms with Gasteiger partial charge in [-0.3, -0.25) is 4.79 Å². The summed E-state index contributed by atoms with van der Waals surface area (Å²) in [5.41, 5.74) is 6.79. The Morgan fingerprint density at radius 2 is 2.15 bits per heavy atom. The van der Waals surface area contributed by atoms with Crippen LogP contribution in [0.5, 0.6) is 11.6 Å². The van der Waals surface area contributed by atoms with Gasteiger partial charge >= 0.3 is 0 Å². The number of carbonyl (C=O) groups excluding carboxylic acids is 1. The van der Waals surface area contributed by atoms with Crippen molar-refractivity contribution in [1.29, 1.82) is 0 Å². The highest BCUT2D eigenvalue weighted by atomic mass is 16.5. The zero-order chi connectivity index (χ0) is 14.4. The minimum atomic E-state index is -0.253. The van der Waals surface area contributed by atoms with Crippen molar-refractivity contribution in [2.24, 2.45) is 5.73 Å². The second-order valence-corrected chi connectivity index (χ2v) is 4.07. The van der Waals surface area contributed by atoms with Crippen LogP contribution in [0.2, 0.25) is 0 Å². The van der Waals surface area contributed by atoms with Gasteiger partial charge in [-0.1, -0.05) is 12.1 Å². The number of nitrogens with two attached hydrogens (primary N) is 1. The van der Waals surface area contributed by atoms with E-state index in [1.165, 1.54) is 0 Å². The number of rotatable bonds is 5. The molecule has 1 aromatic heterocycles. The van der Waals surface area contributed by atoms with E-state index in [9.17, 15) is 4.79 Å². The van der Waals surface area contributed by atoms with E-state index in [2.05, 4.69) is 15.5 Å². The van der Waals surface area contributed by atoms with Crippen LogP contribution < -0.4 is 15.8 Å². The van der Waals surface area contributed by atoms with Gasteiger partial charge in [0.2, 0.25) is 5.88 Å². The third-order valence-corrected chi connectivity index (χ3v) is 2.57. The van der Waals surface area contributed by atoms with Gasteiger partial charge in [-0.15, -0.1) is 10.2 Å². The van der Waals surface area contributed by atoms with Crippen LogP contribution in [-0.4, -0.2) is 22.6 Å². The smallest absolute Gasteiger partial charge is 0.271 e. The molecule has 0 spiro atoms. The Labute approximate surface area is 117 Å². The van der Waals surface area contributed by atoms with Crippen LogP contribution in [0.15, 0.2) is 36.4 Å². The van der Waals surface area contributed by atoms with Crippen LogP contribution in [0.1, 0.15) is 23.0 Å². The molecule has 0 radical (unpaired) electrons. The molecule has 2 rings (SSSR count). The minimum absolute atomic E-state index is 0.253. The van der Waals surface area contributed by atoms with Gasteiger partial charge < -0.3 is 15.8 Å². The van der Waals surface area contributed by atoms with Gasteiger partial charge in [0, 0.05) is 19.2 Å². The molecule has 0 aliphatic heterocycles. The van der Waals surface area contributed by atoms with Gasteiger partial charge in [-0.05, 0) is 30.7 Å². The Morgan fingerprint density at radius 1 is 1.30 bits per heavy atom. The van der Waals surface area contributed by atoms with Crippen molar-refractivity contribution in [2.45, 2.75) is 13.5 Å². The molecule has 0 saturated heterocycles. The number of carbonyl (C=O) groups is 1. The highest BCUT2D eigenvalue weighted by Gasteiger charge is 2.07. The maximum absolute atomic E-state index is 11.5. The van der Waals surface area contributed by atoms with E-state index in [-0.39, 0.29) is 11.6 Å². The van der Waals surface area contributed by atoms with Gasteiger partial charge in [0.05, 0.1) is 0 Å². The second-order valence-electron chi connectivity index (χ2n) is 4.07. The van der Waals surface area contributed by atoms with Crippen LogP contribution >= 0.6 is 0 Å². The summed E-state index contributed by atoms with van der Waals surface area (Å²) in [6, 6.07) is 10.6. The number of hydrogen-bond donors (Lipinski definition) is 2. The van der Waals surface area contributed by atoms with E-state index < -0.39 is 0 Å². The van der Waals surface area contributed by atoms with Crippen LogP contribution in [0.25, 0.3) is 0 Å². The second kappa shape index (κ2) is 6.63. The molecule has 3 N–H and O–H groups in total. The maximum Gasteiger partial charge on any atom is 0.271 e. The lowest BCUT2D eigenvalue weighted by Crippen LogP contribution is -2.23. The fraction of sp³-hybridized carbons (Fsp3) is 0.214. The monoisotopic (exact) mass is 272 g/mol. The third kappa shape index (κ3) is 3.52. The van der Waals surface area contributed by atoms with Gasteiger partial charge in [0.15, 0.2) is 5.69 Å². The van der Waals surface area contributed by atoms with Crippen LogP contribution in [0.3, 0.4) is 0 Å². The number of aromatic nitrogens is 2. The van der Waals surface area contributed by atoms with Crippen LogP contribution in [0.4, 0.5) is 0 Å². The Kier molecular flexibility index (Phi) is 4.62. The number of ether oxygens (including phenoxy) is 1. The van der Waals surface area contributed by atoms with Gasteiger partial charge in [0.25, 0.3) is 5.91 Å². The van der Waals surface area contributed by atoms with Crippen molar-refractivity contribution in [3.05, 3.63) is 47.7 Å². The van der Waals surface area contributed by atoms with Crippen molar-refractivity contribution < 1.29 is 9.53 Å². The molecule has 6 heteroatoms. The maximum atomic E-state index is 11.5. The molecule has 0 fully saturated rings. The zero-order valence-corrected chi connectivity index (χ0v) is 11.2. The normalized spacial score (nSPS) is 10.1. The zero-order valence-electron chi connectivity index (χ0n) is 11.2. The average Bonchev–Trinajstić information content (AvgIpc) is 2.48. The summed E-state index contributed by atoms with van der Waals surface area (Å²) in [6.07, 6.45) is 0. The molecular formula is C14H16N4O2. The molecule has 6 nitrogen and oxygen atoms in total. The fourth-order valence-corrected chi connectivity index (χ4v) is 1.60. The highest BCUT2D eigenvalue weighted by Crippen LogP contribution is 2.19. The molecule has 0 bridgehead atoms. The summed E-state index contributed by atoms with van der Waals surface area (Å²) in [7, 11) is 0. The van der Waals surface area contributed by atoms with Gasteiger partial charge in [-0.2, -0.15) is 0 Å². The summed E-state index contributed by atoms with van der Waals surface area (Å²) >= 11 is 0. The molecule has 2 aromatic rings. The lowest BCUT2D eigenvalue weighted by atomic mass is 10.2. The predicted octanol–water partition coefficient (Wildman–Crippen LogP) is 1.48. The largest absolute Gasteiger partial charge is 0.438 e. The molecular weight excluding hydrogens is 256 g/mol. The number of nitrogens with one attached hydrogen (secondary N) is 1. The Morgan fingerprint density at radius 3 is 2.80 bits per heavy atom. The van der Waals surface area contributed by atoms with Crippen molar-refractivity contribution in [2.75, 3.05) is 6.54 Å². The standard InChI is InChI=1S/C14H16N4O2/c1-2-16-14(19)12-6-7-13(18-17-12)20-11-5-3-4-10(8-11)9-15/h3-8H,2,9,15H2,1H3,(H,16,19). The van der Waals surface area contributed by atoms with Gasteiger partial charge in [-0.25, -0.2) is 0 Å². The lowest BCUT2D eigenvalue weighted by Gasteiger charge is -2.06. The molecule has 0 atom stereocenters. The fourth-order valence-electron chi connectivity index (χ4n) is 1.60. The molecule has 0 unspecified atom stereocenters. The summed E-state index contributed by atoms with van der Waals surface area (Å²) < 4.78 is 5.55. The minimum Gasteiger partial charge on any atom is -0.438 e. The van der Waals surface area contributed by atoms with E-state index in [0.29, 0.717) is 24.7 Å². The topological polar surface area (TPSA) is 90.1 Å². The molecule has 1 aromatic carbocycles. The Balaban J connectivity index is 2.08.